The summed E-state index contributed by atoms with van der Waals surface area (Å²) in [5.74, 6) is 0.585. The molecule has 2 aromatic carbocycles. The fourth-order valence-corrected chi connectivity index (χ4v) is 2.25. The second kappa shape index (κ2) is 8.91. The van der Waals surface area contributed by atoms with Gasteiger partial charge in [0.2, 0.25) is 5.91 Å². The predicted octanol–water partition coefficient (Wildman–Crippen LogP) is 3.30. The van der Waals surface area contributed by atoms with Crippen molar-refractivity contribution in [3.05, 3.63) is 59.9 Å². The summed E-state index contributed by atoms with van der Waals surface area (Å²) in [5.41, 5.74) is 0.774. The van der Waals surface area contributed by atoms with Gasteiger partial charge in [0.15, 0.2) is 11.6 Å². The Balaban J connectivity index is 1.74. The molecule has 24 heavy (non-hydrogen) atoms. The highest BCUT2D eigenvalue weighted by Gasteiger charge is 2.10. The Hall–Kier alpha value is -2.56. The summed E-state index contributed by atoms with van der Waals surface area (Å²) in [6.07, 6.45) is 0.817. The van der Waals surface area contributed by atoms with E-state index in [2.05, 4.69) is 0 Å². The van der Waals surface area contributed by atoms with Gasteiger partial charge in [-0.2, -0.15) is 0 Å². The summed E-state index contributed by atoms with van der Waals surface area (Å²) in [6.45, 7) is 0.939. The van der Waals surface area contributed by atoms with Gasteiger partial charge in [-0.05, 0) is 36.2 Å². The van der Waals surface area contributed by atoms with Gasteiger partial charge in [0.25, 0.3) is 0 Å². The number of nitrogens with zero attached hydrogens (tertiary/aromatic N) is 1. The Kier molecular flexibility index (Phi) is 6.61. The number of methoxy groups -OCH3 is 1. The number of ether oxygens (including phenoxy) is 2. The largest absolute Gasteiger partial charge is 0.494 e. The van der Waals surface area contributed by atoms with Gasteiger partial charge < -0.3 is 14.4 Å². The first kappa shape index (κ1) is 17.8. The van der Waals surface area contributed by atoms with Crippen LogP contribution in [0.25, 0.3) is 0 Å². The Labute approximate surface area is 141 Å². The second-order valence-electron chi connectivity index (χ2n) is 5.45. The van der Waals surface area contributed by atoms with Gasteiger partial charge in [0.05, 0.1) is 13.7 Å². The molecule has 0 N–H and O–H groups in total. The third-order valence-corrected chi connectivity index (χ3v) is 3.71. The molecule has 0 heterocycles. The van der Waals surface area contributed by atoms with Crippen LogP contribution >= 0.6 is 0 Å². The highest BCUT2D eigenvalue weighted by Crippen LogP contribution is 2.18. The fraction of sp³-hybridized carbons (Fsp3) is 0.316. The number of para-hydroxylation sites is 1. The molecule has 0 spiro atoms. The van der Waals surface area contributed by atoms with Crippen LogP contribution in [0.2, 0.25) is 0 Å². The normalized spacial score (nSPS) is 10.3. The summed E-state index contributed by atoms with van der Waals surface area (Å²) >= 11 is 0. The van der Waals surface area contributed by atoms with E-state index in [-0.39, 0.29) is 11.7 Å². The molecule has 2 aromatic rings. The van der Waals surface area contributed by atoms with E-state index in [1.807, 2.05) is 30.3 Å². The SMILES string of the molecule is COc1ccc(CCC(=O)N(C)CCOc2ccccc2)cc1F. The van der Waals surface area contributed by atoms with Gasteiger partial charge in [-0.15, -0.1) is 0 Å². The molecule has 0 bridgehead atoms. The first-order valence-electron chi connectivity index (χ1n) is 7.84. The van der Waals surface area contributed by atoms with Crippen LogP contribution in [0, 0.1) is 5.82 Å². The Morgan fingerprint density at radius 3 is 2.58 bits per heavy atom. The molecule has 0 saturated heterocycles. The number of halogens is 1. The molecule has 0 aromatic heterocycles. The van der Waals surface area contributed by atoms with Crippen molar-refractivity contribution in [2.75, 3.05) is 27.3 Å². The first-order valence-corrected chi connectivity index (χ1v) is 7.84. The fourth-order valence-electron chi connectivity index (χ4n) is 2.25. The van der Waals surface area contributed by atoms with Gasteiger partial charge in [0, 0.05) is 13.5 Å². The number of hydrogen-bond acceptors (Lipinski definition) is 3. The number of rotatable bonds is 8. The van der Waals surface area contributed by atoms with Crippen molar-refractivity contribution >= 4 is 5.91 Å². The van der Waals surface area contributed by atoms with Crippen molar-refractivity contribution in [1.82, 2.24) is 4.90 Å². The number of carbonyl (C=O) groups excluding carboxylic acids is 1. The minimum atomic E-state index is -0.410. The van der Waals surface area contributed by atoms with Crippen LogP contribution in [-0.4, -0.2) is 38.1 Å². The van der Waals surface area contributed by atoms with Crippen molar-refractivity contribution in [1.29, 1.82) is 0 Å². The molecule has 5 heteroatoms. The van der Waals surface area contributed by atoms with Crippen molar-refractivity contribution in [2.24, 2.45) is 0 Å². The lowest BCUT2D eigenvalue weighted by Gasteiger charge is -2.17. The Morgan fingerprint density at radius 1 is 1.17 bits per heavy atom. The summed E-state index contributed by atoms with van der Waals surface area (Å²) in [7, 11) is 3.17. The maximum Gasteiger partial charge on any atom is 0.222 e. The number of likely N-dealkylation sites (N-methyl/N-ethyl adjacent to an activating group) is 1. The minimum Gasteiger partial charge on any atom is -0.494 e. The summed E-state index contributed by atoms with van der Waals surface area (Å²) in [4.78, 5) is 13.7. The summed E-state index contributed by atoms with van der Waals surface area (Å²) in [5, 5.41) is 0. The van der Waals surface area contributed by atoms with Crippen LogP contribution < -0.4 is 9.47 Å². The van der Waals surface area contributed by atoms with E-state index >= 15 is 0 Å². The Bertz CT molecular complexity index is 661. The standard InChI is InChI=1S/C19H22FNO3/c1-21(12-13-24-16-6-4-3-5-7-16)19(22)11-9-15-8-10-18(23-2)17(20)14-15/h3-8,10,14H,9,11-13H2,1-2H3. The maximum absolute atomic E-state index is 13.6. The minimum absolute atomic E-state index is 0.00267. The summed E-state index contributed by atoms with van der Waals surface area (Å²) in [6, 6.07) is 14.2. The van der Waals surface area contributed by atoms with Gasteiger partial charge in [-0.25, -0.2) is 4.39 Å². The van der Waals surface area contributed by atoms with Gasteiger partial charge in [-0.1, -0.05) is 24.3 Å². The van der Waals surface area contributed by atoms with E-state index in [0.29, 0.717) is 26.0 Å². The molecule has 4 nitrogen and oxygen atoms in total. The molecule has 0 saturated carbocycles. The van der Waals surface area contributed by atoms with Crippen LogP contribution in [0.4, 0.5) is 4.39 Å². The highest BCUT2D eigenvalue weighted by molar-refractivity contribution is 5.76. The number of benzene rings is 2. The summed E-state index contributed by atoms with van der Waals surface area (Å²) < 4.78 is 24.1. The van der Waals surface area contributed by atoms with E-state index in [4.69, 9.17) is 9.47 Å². The molecule has 0 aliphatic rings. The number of hydrogen-bond donors (Lipinski definition) is 0. The van der Waals surface area contributed by atoms with E-state index in [1.54, 1.807) is 24.1 Å². The van der Waals surface area contributed by atoms with E-state index in [1.165, 1.54) is 13.2 Å². The smallest absolute Gasteiger partial charge is 0.222 e. The highest BCUT2D eigenvalue weighted by atomic mass is 19.1. The molecule has 0 aliphatic carbocycles. The lowest BCUT2D eigenvalue weighted by molar-refractivity contribution is -0.130. The van der Waals surface area contributed by atoms with Crippen LogP contribution in [0.5, 0.6) is 11.5 Å². The quantitative estimate of drug-likeness (QED) is 0.745. The monoisotopic (exact) mass is 331 g/mol. The van der Waals surface area contributed by atoms with Crippen molar-refractivity contribution in [3.63, 3.8) is 0 Å². The molecular formula is C19H22FNO3. The number of carbonyl (C=O) groups is 1. The van der Waals surface area contributed by atoms with Crippen molar-refractivity contribution in [2.45, 2.75) is 12.8 Å². The zero-order chi connectivity index (χ0) is 17.4. The molecular weight excluding hydrogens is 309 g/mol. The molecule has 2 rings (SSSR count). The van der Waals surface area contributed by atoms with Gasteiger partial charge in [-0.3, -0.25) is 4.79 Å². The average Bonchev–Trinajstić information content (AvgIpc) is 2.60. The molecule has 0 atom stereocenters. The third-order valence-electron chi connectivity index (χ3n) is 3.71. The topological polar surface area (TPSA) is 38.8 Å². The van der Waals surface area contributed by atoms with Crippen LogP contribution in [-0.2, 0) is 11.2 Å². The van der Waals surface area contributed by atoms with Crippen LogP contribution in [0.15, 0.2) is 48.5 Å². The number of aryl methyl sites for hydroxylation is 1. The van der Waals surface area contributed by atoms with E-state index in [0.717, 1.165) is 11.3 Å². The second-order valence-corrected chi connectivity index (χ2v) is 5.45. The lowest BCUT2D eigenvalue weighted by atomic mass is 10.1. The first-order chi connectivity index (χ1) is 11.6. The molecule has 0 unspecified atom stereocenters. The van der Waals surface area contributed by atoms with Gasteiger partial charge >= 0.3 is 0 Å². The zero-order valence-electron chi connectivity index (χ0n) is 14.0. The van der Waals surface area contributed by atoms with E-state index < -0.39 is 5.82 Å². The zero-order valence-corrected chi connectivity index (χ0v) is 14.0. The van der Waals surface area contributed by atoms with Gasteiger partial charge in [0.1, 0.15) is 12.4 Å². The Morgan fingerprint density at radius 2 is 1.92 bits per heavy atom. The molecule has 1 amide bonds. The molecule has 0 aliphatic heterocycles. The molecule has 0 radical (unpaired) electrons. The van der Waals surface area contributed by atoms with Crippen LogP contribution in [0.1, 0.15) is 12.0 Å². The predicted molar refractivity (Wildman–Crippen MR) is 90.8 cm³/mol. The maximum atomic E-state index is 13.6. The molecule has 128 valence electrons. The van der Waals surface area contributed by atoms with E-state index in [9.17, 15) is 9.18 Å². The van der Waals surface area contributed by atoms with Crippen molar-refractivity contribution in [3.8, 4) is 11.5 Å². The van der Waals surface area contributed by atoms with Crippen LogP contribution in [0.3, 0.4) is 0 Å². The third kappa shape index (κ3) is 5.26. The average molecular weight is 331 g/mol. The number of amides is 1. The molecule has 0 fully saturated rings. The van der Waals surface area contributed by atoms with Crippen molar-refractivity contribution < 1.29 is 18.7 Å². The lowest BCUT2D eigenvalue weighted by Crippen LogP contribution is -2.31.